The molecule has 6 heteroatoms. The number of fused-ring (bicyclic) bond motifs is 1. The maximum absolute atomic E-state index is 12.9. The summed E-state index contributed by atoms with van der Waals surface area (Å²) in [6, 6.07) is 6.81. The highest BCUT2D eigenvalue weighted by atomic mass is 16.5. The molecular formula is C23H26N2O4. The third-order valence-electron chi connectivity index (χ3n) is 5.35. The van der Waals surface area contributed by atoms with Crippen molar-refractivity contribution < 1.29 is 19.1 Å². The second kappa shape index (κ2) is 8.90. The largest absolute Gasteiger partial charge is 0.454 e. The number of carbonyl (C=O) groups excluding carboxylic acids is 3. The van der Waals surface area contributed by atoms with Gasteiger partial charge >= 0.3 is 5.97 Å². The molecule has 1 aliphatic heterocycles. The van der Waals surface area contributed by atoms with E-state index in [9.17, 15) is 14.4 Å². The van der Waals surface area contributed by atoms with Crippen LogP contribution >= 0.6 is 0 Å². The highest BCUT2D eigenvalue weighted by Gasteiger charge is 2.37. The molecule has 2 N–H and O–H groups in total. The van der Waals surface area contributed by atoms with Crippen LogP contribution in [0, 0.1) is 5.92 Å². The van der Waals surface area contributed by atoms with Crippen LogP contribution in [0.25, 0.3) is 0 Å². The molecule has 2 atom stereocenters. The minimum absolute atomic E-state index is 0.122. The van der Waals surface area contributed by atoms with Gasteiger partial charge in [0.25, 0.3) is 11.8 Å². The van der Waals surface area contributed by atoms with Gasteiger partial charge in [-0.2, -0.15) is 0 Å². The van der Waals surface area contributed by atoms with Gasteiger partial charge in [0.05, 0.1) is 0 Å². The molecule has 1 saturated heterocycles. The molecule has 0 saturated carbocycles. The summed E-state index contributed by atoms with van der Waals surface area (Å²) in [6.07, 6.45) is 6.30. The number of benzene rings is 1. The number of rotatable bonds is 3. The van der Waals surface area contributed by atoms with Gasteiger partial charge in [0, 0.05) is 35.4 Å². The average Bonchev–Trinajstić information content (AvgIpc) is 2.97. The Labute approximate surface area is 170 Å². The van der Waals surface area contributed by atoms with Crippen LogP contribution in [0.4, 0.5) is 5.69 Å². The molecule has 1 heterocycles. The number of allylic oxidation sites excluding steroid dienone is 2. The lowest BCUT2D eigenvalue weighted by Gasteiger charge is -2.18. The van der Waals surface area contributed by atoms with E-state index in [-0.39, 0.29) is 29.8 Å². The molecule has 0 aromatic heterocycles. The van der Waals surface area contributed by atoms with E-state index in [1.807, 2.05) is 19.1 Å². The van der Waals surface area contributed by atoms with Crippen molar-refractivity contribution in [2.75, 3.05) is 12.4 Å². The summed E-state index contributed by atoms with van der Waals surface area (Å²) in [5, 5.41) is 5.45. The summed E-state index contributed by atoms with van der Waals surface area (Å²) in [5.74, 6) is -0.891. The Hall–Kier alpha value is -3.15. The highest BCUT2D eigenvalue weighted by Crippen LogP contribution is 2.34. The molecule has 6 nitrogen and oxygen atoms in total. The second-order valence-corrected chi connectivity index (χ2v) is 7.44. The maximum atomic E-state index is 12.9. The first-order valence-electron chi connectivity index (χ1n) is 9.78. The molecule has 2 aliphatic rings. The van der Waals surface area contributed by atoms with Gasteiger partial charge in [-0.15, -0.1) is 0 Å². The minimum Gasteiger partial charge on any atom is -0.454 e. The Morgan fingerprint density at radius 1 is 1.21 bits per heavy atom. The van der Waals surface area contributed by atoms with Crippen molar-refractivity contribution in [3.05, 3.63) is 65.3 Å². The van der Waals surface area contributed by atoms with Gasteiger partial charge in [0.15, 0.2) is 0 Å². The van der Waals surface area contributed by atoms with Gasteiger partial charge in [-0.25, -0.2) is 4.79 Å². The van der Waals surface area contributed by atoms with Gasteiger partial charge in [-0.05, 0) is 56.9 Å². The summed E-state index contributed by atoms with van der Waals surface area (Å²) in [6.45, 7) is 5.89. The molecule has 0 spiro atoms. The third-order valence-corrected chi connectivity index (χ3v) is 5.35. The molecule has 1 aromatic rings. The van der Waals surface area contributed by atoms with Crippen molar-refractivity contribution in [1.29, 1.82) is 0 Å². The first-order valence-corrected chi connectivity index (χ1v) is 9.78. The van der Waals surface area contributed by atoms with E-state index in [4.69, 9.17) is 4.74 Å². The van der Waals surface area contributed by atoms with Gasteiger partial charge in [0.2, 0.25) is 0 Å². The fourth-order valence-corrected chi connectivity index (χ4v) is 3.67. The minimum atomic E-state index is -0.357. The Kier molecular flexibility index (Phi) is 6.32. The Balaban J connectivity index is 1.76. The van der Waals surface area contributed by atoms with Crippen molar-refractivity contribution in [2.24, 2.45) is 5.92 Å². The van der Waals surface area contributed by atoms with E-state index in [2.05, 4.69) is 17.2 Å². The van der Waals surface area contributed by atoms with Gasteiger partial charge in [-0.3, -0.25) is 9.59 Å². The molecule has 1 aliphatic carbocycles. The SMILES string of the molecule is C=C1C(=O)O[C@@H]2/C=C(\C)CC/C=C(/C(=O)Nc3cccc(C(=O)NC)c3)CC[C@@H]12. The zero-order chi connectivity index (χ0) is 21.0. The van der Waals surface area contributed by atoms with Crippen molar-refractivity contribution in [2.45, 2.75) is 38.7 Å². The first-order chi connectivity index (χ1) is 13.9. The van der Waals surface area contributed by atoms with E-state index in [0.717, 1.165) is 18.4 Å². The van der Waals surface area contributed by atoms with Crippen LogP contribution in [0.15, 0.2) is 59.7 Å². The standard InChI is InChI=1S/C23H26N2O4/c1-14-6-4-7-16(10-11-19-15(2)23(28)29-20(19)12-14)22(27)25-18-9-5-8-17(13-18)21(26)24-3/h5,7-9,12-13,19-20H,2,4,6,10-11H2,1,3H3,(H,24,26)(H,25,27)/b14-12+,16-7+/t19-,20+/m0/s1. The van der Waals surface area contributed by atoms with Crippen LogP contribution in [0.1, 0.15) is 43.0 Å². The fourth-order valence-electron chi connectivity index (χ4n) is 3.67. The molecule has 1 aromatic carbocycles. The summed E-state index contributed by atoms with van der Waals surface area (Å²) in [4.78, 5) is 36.6. The summed E-state index contributed by atoms with van der Waals surface area (Å²) in [5.41, 5.74) is 3.30. The third kappa shape index (κ3) is 4.83. The van der Waals surface area contributed by atoms with E-state index >= 15 is 0 Å². The van der Waals surface area contributed by atoms with Crippen LogP contribution in [-0.2, 0) is 14.3 Å². The first kappa shape index (κ1) is 20.6. The van der Waals surface area contributed by atoms with Gasteiger partial charge in [-0.1, -0.05) is 24.3 Å². The van der Waals surface area contributed by atoms with E-state index in [1.165, 1.54) is 0 Å². The quantitative estimate of drug-likeness (QED) is 0.467. The van der Waals surface area contributed by atoms with Crippen LogP contribution in [0.2, 0.25) is 0 Å². The van der Waals surface area contributed by atoms with Gasteiger partial charge < -0.3 is 15.4 Å². The monoisotopic (exact) mass is 394 g/mol. The Bertz CT molecular complexity index is 913. The van der Waals surface area contributed by atoms with E-state index in [0.29, 0.717) is 35.2 Å². The number of anilines is 1. The van der Waals surface area contributed by atoms with Crippen molar-refractivity contribution in [1.82, 2.24) is 5.32 Å². The van der Waals surface area contributed by atoms with Crippen molar-refractivity contribution >= 4 is 23.5 Å². The molecule has 1 fully saturated rings. The van der Waals surface area contributed by atoms with Crippen LogP contribution in [0.3, 0.4) is 0 Å². The molecule has 3 rings (SSSR count). The highest BCUT2D eigenvalue weighted by molar-refractivity contribution is 6.04. The zero-order valence-corrected chi connectivity index (χ0v) is 16.8. The van der Waals surface area contributed by atoms with Crippen LogP contribution in [0.5, 0.6) is 0 Å². The number of carbonyl (C=O) groups is 3. The van der Waals surface area contributed by atoms with Crippen LogP contribution < -0.4 is 10.6 Å². The lowest BCUT2D eigenvalue weighted by atomic mass is 9.87. The number of esters is 1. The van der Waals surface area contributed by atoms with Crippen LogP contribution in [-0.4, -0.2) is 30.9 Å². The number of ether oxygens (including phenoxy) is 1. The molecule has 152 valence electrons. The molecule has 0 radical (unpaired) electrons. The predicted molar refractivity (Wildman–Crippen MR) is 111 cm³/mol. The van der Waals surface area contributed by atoms with E-state index < -0.39 is 0 Å². The molecule has 0 bridgehead atoms. The number of amides is 2. The molecular weight excluding hydrogens is 368 g/mol. The summed E-state index contributed by atoms with van der Waals surface area (Å²) < 4.78 is 5.44. The molecule has 0 unspecified atom stereocenters. The lowest BCUT2D eigenvalue weighted by molar-refractivity contribution is -0.137. The predicted octanol–water partition coefficient (Wildman–Crippen LogP) is 3.53. The fraction of sp³-hybridized carbons (Fsp3) is 0.348. The normalized spacial score (nSPS) is 25.6. The second-order valence-electron chi connectivity index (χ2n) is 7.44. The van der Waals surface area contributed by atoms with Crippen molar-refractivity contribution in [3.8, 4) is 0 Å². The smallest absolute Gasteiger partial charge is 0.334 e. The zero-order valence-electron chi connectivity index (χ0n) is 16.8. The number of hydrogen-bond acceptors (Lipinski definition) is 4. The Morgan fingerprint density at radius 3 is 2.76 bits per heavy atom. The average molecular weight is 394 g/mol. The topological polar surface area (TPSA) is 84.5 Å². The number of nitrogens with one attached hydrogen (secondary N) is 2. The summed E-state index contributed by atoms with van der Waals surface area (Å²) in [7, 11) is 1.56. The number of hydrogen-bond donors (Lipinski definition) is 2. The van der Waals surface area contributed by atoms with Gasteiger partial charge in [0.1, 0.15) is 6.10 Å². The molecule has 2 amide bonds. The summed E-state index contributed by atoms with van der Waals surface area (Å²) >= 11 is 0. The van der Waals surface area contributed by atoms with E-state index in [1.54, 1.807) is 31.3 Å². The van der Waals surface area contributed by atoms with Crippen molar-refractivity contribution in [3.63, 3.8) is 0 Å². The maximum Gasteiger partial charge on any atom is 0.334 e. The molecule has 29 heavy (non-hydrogen) atoms. The Morgan fingerprint density at radius 2 is 2.00 bits per heavy atom. The lowest BCUT2D eigenvalue weighted by Crippen LogP contribution is -2.20.